The Balaban J connectivity index is 1.57. The summed E-state index contributed by atoms with van der Waals surface area (Å²) < 4.78 is 1.37. The zero-order valence-corrected chi connectivity index (χ0v) is 16.6. The van der Waals surface area contributed by atoms with Crippen LogP contribution in [-0.4, -0.2) is 38.5 Å². The second-order valence-corrected chi connectivity index (χ2v) is 6.55. The lowest BCUT2D eigenvalue weighted by Crippen LogP contribution is -2.34. The van der Waals surface area contributed by atoms with Crippen molar-refractivity contribution in [3.8, 4) is 0 Å². The van der Waals surface area contributed by atoms with E-state index in [1.54, 1.807) is 38.5 Å². The predicted octanol–water partition coefficient (Wildman–Crippen LogP) is 1.77. The number of hydrogen-bond donors (Lipinski definition) is 3. The molecule has 0 fully saturated rings. The summed E-state index contributed by atoms with van der Waals surface area (Å²) in [5.74, 6) is 2.14. The minimum Gasteiger partial charge on any atom is -0.368 e. The van der Waals surface area contributed by atoms with Crippen molar-refractivity contribution in [2.45, 2.75) is 13.8 Å². The van der Waals surface area contributed by atoms with Gasteiger partial charge in [-0.1, -0.05) is 0 Å². The van der Waals surface area contributed by atoms with E-state index in [4.69, 9.17) is 0 Å². The van der Waals surface area contributed by atoms with Crippen molar-refractivity contribution in [2.75, 3.05) is 23.7 Å². The molecule has 0 saturated carbocycles. The molecule has 0 aliphatic carbocycles. The maximum Gasteiger partial charge on any atom is 0.263 e. The topological polar surface area (TPSA) is 114 Å². The van der Waals surface area contributed by atoms with Crippen molar-refractivity contribution in [3.63, 3.8) is 0 Å². The van der Waals surface area contributed by atoms with E-state index < -0.39 is 5.91 Å². The van der Waals surface area contributed by atoms with Crippen LogP contribution in [0.25, 0.3) is 0 Å². The Hall–Kier alpha value is -3.75. The average Bonchev–Trinajstić information content (AvgIpc) is 2.67. The second-order valence-electron chi connectivity index (χ2n) is 6.55. The summed E-state index contributed by atoms with van der Waals surface area (Å²) in [6.45, 7) is 4.57. The third kappa shape index (κ3) is 5.38. The zero-order valence-electron chi connectivity index (χ0n) is 16.6. The Morgan fingerprint density at radius 2 is 1.86 bits per heavy atom. The Kier molecular flexibility index (Phi) is 6.18. The first-order valence-corrected chi connectivity index (χ1v) is 9.15. The van der Waals surface area contributed by atoms with Crippen LogP contribution in [0.5, 0.6) is 0 Å². The molecule has 0 atom stereocenters. The molecule has 3 N–H and O–H groups in total. The smallest absolute Gasteiger partial charge is 0.263 e. The molecule has 9 nitrogen and oxygen atoms in total. The van der Waals surface area contributed by atoms with E-state index in [0.29, 0.717) is 36.4 Å². The molecule has 3 rings (SSSR count). The van der Waals surface area contributed by atoms with E-state index in [1.165, 1.54) is 10.6 Å². The number of nitrogens with zero attached hydrogens (tertiary/aromatic N) is 4. The third-order valence-electron chi connectivity index (χ3n) is 4.09. The standard InChI is InChI=1S/C20H23N7O2/c1-13-6-7-21-16(11-13)26-18-12-17(24-14(2)25-18)22-8-9-23-19(28)15-5-4-10-27(3)20(15)29/h4-7,10-12H,8-9H2,1-3H3,(H,23,28)(H2,21,22,24,25,26). The maximum absolute atomic E-state index is 12.2. The molecule has 0 aromatic carbocycles. The van der Waals surface area contributed by atoms with Crippen molar-refractivity contribution in [1.82, 2.24) is 24.8 Å². The van der Waals surface area contributed by atoms with Crippen LogP contribution in [0.4, 0.5) is 17.5 Å². The third-order valence-corrected chi connectivity index (χ3v) is 4.09. The minimum atomic E-state index is -0.403. The molecule has 0 aliphatic heterocycles. The molecular weight excluding hydrogens is 370 g/mol. The molecule has 0 radical (unpaired) electrons. The second kappa shape index (κ2) is 8.96. The van der Waals surface area contributed by atoms with E-state index in [0.717, 1.165) is 5.56 Å². The van der Waals surface area contributed by atoms with E-state index in [1.807, 2.05) is 19.1 Å². The van der Waals surface area contributed by atoms with Gasteiger partial charge in [-0.25, -0.2) is 15.0 Å². The van der Waals surface area contributed by atoms with E-state index >= 15 is 0 Å². The molecule has 0 bridgehead atoms. The fourth-order valence-electron chi connectivity index (χ4n) is 2.69. The molecular formula is C20H23N7O2. The number of hydrogen-bond acceptors (Lipinski definition) is 7. The molecule has 150 valence electrons. The zero-order chi connectivity index (χ0) is 20.8. The Morgan fingerprint density at radius 1 is 1.07 bits per heavy atom. The lowest BCUT2D eigenvalue weighted by molar-refractivity contribution is 0.0953. The first-order valence-electron chi connectivity index (χ1n) is 9.15. The first-order chi connectivity index (χ1) is 13.9. The molecule has 9 heteroatoms. The molecule has 0 spiro atoms. The molecule has 3 aromatic rings. The van der Waals surface area contributed by atoms with Crippen LogP contribution in [0.1, 0.15) is 21.7 Å². The molecule has 0 saturated heterocycles. The Bertz CT molecular complexity index is 1080. The van der Waals surface area contributed by atoms with Crippen LogP contribution < -0.4 is 21.5 Å². The number of nitrogens with one attached hydrogen (secondary N) is 3. The van der Waals surface area contributed by atoms with Gasteiger partial charge in [0.2, 0.25) is 0 Å². The van der Waals surface area contributed by atoms with Gasteiger partial charge in [0.1, 0.15) is 28.8 Å². The van der Waals surface area contributed by atoms with Gasteiger partial charge in [-0.3, -0.25) is 9.59 Å². The number of pyridine rings is 2. The SMILES string of the molecule is Cc1ccnc(Nc2cc(NCCNC(=O)c3cccn(C)c3=O)nc(C)n2)c1. The number of amides is 1. The van der Waals surface area contributed by atoms with Gasteiger partial charge in [0.05, 0.1) is 0 Å². The fraction of sp³-hybridized carbons (Fsp3) is 0.250. The van der Waals surface area contributed by atoms with Crippen LogP contribution in [0.15, 0.2) is 47.5 Å². The maximum atomic E-state index is 12.2. The molecule has 0 unspecified atom stereocenters. The van der Waals surface area contributed by atoms with Crippen LogP contribution >= 0.6 is 0 Å². The predicted molar refractivity (Wildman–Crippen MR) is 112 cm³/mol. The Labute approximate surface area is 168 Å². The summed E-state index contributed by atoms with van der Waals surface area (Å²) in [5, 5.41) is 9.03. The van der Waals surface area contributed by atoms with Crippen molar-refractivity contribution in [2.24, 2.45) is 7.05 Å². The summed E-state index contributed by atoms with van der Waals surface area (Å²) in [5.41, 5.74) is 0.880. The number of carbonyl (C=O) groups is 1. The summed E-state index contributed by atoms with van der Waals surface area (Å²) in [7, 11) is 1.61. The molecule has 29 heavy (non-hydrogen) atoms. The monoisotopic (exact) mass is 393 g/mol. The number of aromatic nitrogens is 4. The van der Waals surface area contributed by atoms with Crippen molar-refractivity contribution in [3.05, 3.63) is 70.0 Å². The quantitative estimate of drug-likeness (QED) is 0.524. The van der Waals surface area contributed by atoms with Crippen molar-refractivity contribution >= 4 is 23.4 Å². The number of anilines is 3. The highest BCUT2D eigenvalue weighted by Gasteiger charge is 2.10. The van der Waals surface area contributed by atoms with Crippen molar-refractivity contribution < 1.29 is 4.79 Å². The fourth-order valence-corrected chi connectivity index (χ4v) is 2.69. The summed E-state index contributed by atoms with van der Waals surface area (Å²) in [6.07, 6.45) is 3.34. The molecule has 3 heterocycles. The molecule has 3 aromatic heterocycles. The number of rotatable bonds is 7. The van der Waals surface area contributed by atoms with Crippen LogP contribution in [0, 0.1) is 13.8 Å². The van der Waals surface area contributed by atoms with E-state index in [2.05, 4.69) is 30.9 Å². The Morgan fingerprint density at radius 3 is 2.66 bits per heavy atom. The summed E-state index contributed by atoms with van der Waals surface area (Å²) in [4.78, 5) is 37.1. The van der Waals surface area contributed by atoms with E-state index in [-0.39, 0.29) is 11.1 Å². The highest BCUT2D eigenvalue weighted by molar-refractivity contribution is 5.93. The average molecular weight is 393 g/mol. The normalized spacial score (nSPS) is 10.4. The van der Waals surface area contributed by atoms with Crippen LogP contribution in [-0.2, 0) is 7.05 Å². The van der Waals surface area contributed by atoms with E-state index in [9.17, 15) is 9.59 Å². The van der Waals surface area contributed by atoms with Crippen molar-refractivity contribution in [1.29, 1.82) is 0 Å². The van der Waals surface area contributed by atoms with Gasteiger partial charge in [0, 0.05) is 38.6 Å². The highest BCUT2D eigenvalue weighted by atomic mass is 16.2. The number of carbonyl (C=O) groups excluding carboxylic acids is 1. The first kappa shape index (κ1) is 20.0. The molecule has 1 amide bonds. The van der Waals surface area contributed by atoms with Gasteiger partial charge in [0.25, 0.3) is 11.5 Å². The number of aryl methyl sites for hydroxylation is 3. The van der Waals surface area contributed by atoms with Gasteiger partial charge in [-0.15, -0.1) is 0 Å². The largest absolute Gasteiger partial charge is 0.368 e. The minimum absolute atomic E-state index is 0.116. The molecule has 0 aliphatic rings. The van der Waals surface area contributed by atoms with Gasteiger partial charge >= 0.3 is 0 Å². The highest BCUT2D eigenvalue weighted by Crippen LogP contribution is 2.16. The van der Waals surface area contributed by atoms with Gasteiger partial charge in [0.15, 0.2) is 0 Å². The van der Waals surface area contributed by atoms with Crippen LogP contribution in [0.3, 0.4) is 0 Å². The van der Waals surface area contributed by atoms with Gasteiger partial charge in [-0.05, 0) is 43.7 Å². The van der Waals surface area contributed by atoms with Gasteiger partial charge < -0.3 is 20.5 Å². The van der Waals surface area contributed by atoms with Crippen LogP contribution in [0.2, 0.25) is 0 Å². The summed E-state index contributed by atoms with van der Waals surface area (Å²) in [6, 6.07) is 8.79. The lowest BCUT2D eigenvalue weighted by atomic mass is 10.2. The van der Waals surface area contributed by atoms with Gasteiger partial charge in [-0.2, -0.15) is 0 Å². The lowest BCUT2D eigenvalue weighted by Gasteiger charge is -2.11. The summed E-state index contributed by atoms with van der Waals surface area (Å²) >= 11 is 0.